The van der Waals surface area contributed by atoms with Crippen molar-refractivity contribution in [3.05, 3.63) is 65.5 Å². The lowest BCUT2D eigenvalue weighted by molar-refractivity contribution is 0.398. The normalized spacial score (nSPS) is 15.7. The molecule has 0 amide bonds. The Bertz CT molecular complexity index is 1290. The molecule has 0 spiro atoms. The number of allylic oxidation sites excluding steroid dienone is 2. The fourth-order valence-corrected chi connectivity index (χ4v) is 4.05. The van der Waals surface area contributed by atoms with Gasteiger partial charge in [-0.3, -0.25) is 8.79 Å². The molecule has 0 atom stereocenters. The van der Waals surface area contributed by atoms with E-state index in [1.807, 2.05) is 53.6 Å². The number of fused-ring (bicyclic) bond motifs is 3. The fraction of sp³-hybridized carbons (Fsp3) is 0.261. The van der Waals surface area contributed by atoms with Crippen LogP contribution in [-0.4, -0.2) is 33.3 Å². The highest BCUT2D eigenvalue weighted by molar-refractivity contribution is 6.31. The molecule has 0 unspecified atom stereocenters. The van der Waals surface area contributed by atoms with Crippen LogP contribution in [0.15, 0.2) is 54.9 Å². The summed E-state index contributed by atoms with van der Waals surface area (Å²) in [4.78, 5) is 6.77. The molecular formula is C23H21ClFN5. The molecule has 0 aliphatic heterocycles. The summed E-state index contributed by atoms with van der Waals surface area (Å²) < 4.78 is 15.2. The third-order valence-corrected chi connectivity index (χ3v) is 6.12. The fourth-order valence-electron chi connectivity index (χ4n) is 3.88. The monoisotopic (exact) mass is 421 g/mol. The van der Waals surface area contributed by atoms with Crippen LogP contribution < -0.4 is 4.90 Å². The maximum atomic E-state index is 13.3. The molecule has 0 radical (unpaired) electrons. The molecule has 2 aromatic heterocycles. The summed E-state index contributed by atoms with van der Waals surface area (Å²) in [5.41, 5.74) is 3.80. The average Bonchev–Trinajstić information content (AvgIpc) is 3.37. The van der Waals surface area contributed by atoms with Gasteiger partial charge in [0.05, 0.1) is 12.2 Å². The van der Waals surface area contributed by atoms with Crippen molar-refractivity contribution in [1.29, 1.82) is 0 Å². The quantitative estimate of drug-likeness (QED) is 0.405. The maximum Gasteiger partial charge on any atom is 0.257 e. The third kappa shape index (κ3) is 3.21. The van der Waals surface area contributed by atoms with E-state index in [9.17, 15) is 4.39 Å². The lowest BCUT2D eigenvalue weighted by Gasteiger charge is -2.21. The van der Waals surface area contributed by atoms with Crippen molar-refractivity contribution < 1.29 is 4.39 Å². The molecular weight excluding hydrogens is 401 g/mol. The number of halogens is 2. The van der Waals surface area contributed by atoms with Gasteiger partial charge in [-0.15, -0.1) is 10.2 Å². The SMILES string of the molecule is CC(=CC1(CF)CC1)c1cccc(N(C)c2nc3nncn3c3cc(Cl)ccc23)c1. The number of aromatic nitrogens is 4. The van der Waals surface area contributed by atoms with Gasteiger partial charge in [0.25, 0.3) is 5.78 Å². The molecule has 152 valence electrons. The highest BCUT2D eigenvalue weighted by Gasteiger charge is 2.40. The van der Waals surface area contributed by atoms with Crippen LogP contribution in [0.4, 0.5) is 15.9 Å². The zero-order valence-electron chi connectivity index (χ0n) is 16.8. The third-order valence-electron chi connectivity index (χ3n) is 5.88. The molecule has 1 saturated carbocycles. The van der Waals surface area contributed by atoms with E-state index >= 15 is 0 Å². The van der Waals surface area contributed by atoms with E-state index in [1.165, 1.54) is 0 Å². The summed E-state index contributed by atoms with van der Waals surface area (Å²) in [6, 6.07) is 13.9. The van der Waals surface area contributed by atoms with Crippen molar-refractivity contribution in [2.75, 3.05) is 18.6 Å². The van der Waals surface area contributed by atoms with Crippen molar-refractivity contribution in [3.8, 4) is 0 Å². The number of nitrogens with zero attached hydrogens (tertiary/aromatic N) is 5. The summed E-state index contributed by atoms with van der Waals surface area (Å²) in [6.45, 7) is 1.76. The minimum absolute atomic E-state index is 0.248. The van der Waals surface area contributed by atoms with Gasteiger partial charge in [0, 0.05) is 28.6 Å². The van der Waals surface area contributed by atoms with Crippen LogP contribution in [0.5, 0.6) is 0 Å². The molecule has 1 aliphatic carbocycles. The first-order valence-corrected chi connectivity index (χ1v) is 10.3. The van der Waals surface area contributed by atoms with Gasteiger partial charge in [0.2, 0.25) is 0 Å². The van der Waals surface area contributed by atoms with Crippen LogP contribution in [0.3, 0.4) is 0 Å². The number of hydrogen-bond donors (Lipinski definition) is 0. The largest absolute Gasteiger partial charge is 0.329 e. The minimum atomic E-state index is -0.291. The number of hydrogen-bond acceptors (Lipinski definition) is 4. The summed E-state index contributed by atoms with van der Waals surface area (Å²) in [6.07, 6.45) is 5.58. The van der Waals surface area contributed by atoms with Crippen LogP contribution in [0, 0.1) is 5.41 Å². The Morgan fingerprint density at radius 3 is 2.87 bits per heavy atom. The van der Waals surface area contributed by atoms with E-state index < -0.39 is 0 Å². The van der Waals surface area contributed by atoms with Gasteiger partial charge in [0.15, 0.2) is 0 Å². The van der Waals surface area contributed by atoms with Gasteiger partial charge >= 0.3 is 0 Å². The molecule has 4 aromatic rings. The second kappa shape index (κ2) is 7.06. The molecule has 1 fully saturated rings. The van der Waals surface area contributed by atoms with Crippen molar-refractivity contribution in [2.24, 2.45) is 5.41 Å². The van der Waals surface area contributed by atoms with Crippen LogP contribution in [0.25, 0.3) is 22.3 Å². The Hall–Kier alpha value is -2.99. The van der Waals surface area contributed by atoms with Gasteiger partial charge in [0.1, 0.15) is 12.1 Å². The Kier molecular flexibility index (Phi) is 4.47. The first kappa shape index (κ1) is 19.0. The van der Waals surface area contributed by atoms with Crippen molar-refractivity contribution in [3.63, 3.8) is 0 Å². The molecule has 7 heteroatoms. The van der Waals surface area contributed by atoms with Gasteiger partial charge in [-0.2, -0.15) is 4.98 Å². The number of anilines is 2. The number of benzene rings is 2. The van der Waals surface area contributed by atoms with E-state index in [-0.39, 0.29) is 12.1 Å². The zero-order valence-corrected chi connectivity index (χ0v) is 17.6. The average molecular weight is 422 g/mol. The molecule has 5 nitrogen and oxygen atoms in total. The van der Waals surface area contributed by atoms with Crippen molar-refractivity contribution in [2.45, 2.75) is 19.8 Å². The first-order valence-electron chi connectivity index (χ1n) is 9.88. The lowest BCUT2D eigenvalue weighted by atomic mass is 9.99. The van der Waals surface area contributed by atoms with E-state index in [1.54, 1.807) is 6.33 Å². The molecule has 5 rings (SSSR count). The number of rotatable bonds is 5. The highest BCUT2D eigenvalue weighted by atomic mass is 35.5. The van der Waals surface area contributed by atoms with Crippen LogP contribution >= 0.6 is 11.6 Å². The molecule has 2 aromatic carbocycles. The van der Waals surface area contributed by atoms with Crippen LogP contribution in [0.2, 0.25) is 5.02 Å². The Labute approximate surface area is 178 Å². The molecule has 2 heterocycles. The van der Waals surface area contributed by atoms with Crippen LogP contribution in [0.1, 0.15) is 25.3 Å². The standard InChI is InChI=1S/C23H21ClFN5/c1-15(12-23(13-25)8-9-23)16-4-3-5-18(10-16)29(2)21-19-7-6-17(24)11-20(19)30-14-26-28-22(30)27-21/h3-7,10-12,14H,8-9,13H2,1-2H3. The van der Waals surface area contributed by atoms with Gasteiger partial charge < -0.3 is 4.90 Å². The van der Waals surface area contributed by atoms with E-state index in [0.717, 1.165) is 46.4 Å². The van der Waals surface area contributed by atoms with E-state index in [4.69, 9.17) is 16.6 Å². The number of alkyl halides is 1. The second-order valence-corrected chi connectivity index (χ2v) is 8.47. The summed E-state index contributed by atoms with van der Waals surface area (Å²) in [7, 11) is 1.98. The topological polar surface area (TPSA) is 46.3 Å². The van der Waals surface area contributed by atoms with E-state index in [2.05, 4.69) is 28.4 Å². The Morgan fingerprint density at radius 1 is 1.27 bits per heavy atom. The second-order valence-electron chi connectivity index (χ2n) is 8.03. The maximum absolute atomic E-state index is 13.3. The van der Waals surface area contributed by atoms with Gasteiger partial charge in [-0.1, -0.05) is 29.8 Å². The van der Waals surface area contributed by atoms with Crippen LogP contribution in [-0.2, 0) is 0 Å². The van der Waals surface area contributed by atoms with Gasteiger partial charge in [-0.05, 0) is 61.2 Å². The summed E-state index contributed by atoms with van der Waals surface area (Å²) in [5, 5.41) is 9.70. The molecule has 0 bridgehead atoms. The zero-order chi connectivity index (χ0) is 20.9. The Balaban J connectivity index is 1.59. The molecule has 0 saturated heterocycles. The summed E-state index contributed by atoms with van der Waals surface area (Å²) >= 11 is 6.24. The molecule has 1 aliphatic rings. The Morgan fingerprint density at radius 2 is 2.10 bits per heavy atom. The van der Waals surface area contributed by atoms with Crippen molar-refractivity contribution >= 4 is 45.4 Å². The first-order chi connectivity index (χ1) is 14.5. The van der Waals surface area contributed by atoms with E-state index in [0.29, 0.717) is 10.8 Å². The molecule has 0 N–H and O–H groups in total. The summed E-state index contributed by atoms with van der Waals surface area (Å²) in [5.74, 6) is 1.28. The lowest BCUT2D eigenvalue weighted by Crippen LogP contribution is -2.13. The van der Waals surface area contributed by atoms with Gasteiger partial charge in [-0.25, -0.2) is 0 Å². The highest BCUT2D eigenvalue weighted by Crippen LogP contribution is 2.49. The molecule has 30 heavy (non-hydrogen) atoms. The predicted octanol–water partition coefficient (Wildman–Crippen LogP) is 5.85. The minimum Gasteiger partial charge on any atom is -0.329 e. The van der Waals surface area contributed by atoms with Crippen molar-refractivity contribution in [1.82, 2.24) is 19.6 Å². The smallest absolute Gasteiger partial charge is 0.257 e. The predicted molar refractivity (Wildman–Crippen MR) is 119 cm³/mol.